The molecule has 0 saturated carbocycles. The zero-order valence-corrected chi connectivity index (χ0v) is 12.6. The summed E-state index contributed by atoms with van der Waals surface area (Å²) in [4.78, 5) is 0. The molecule has 0 aliphatic rings. The number of ether oxygens (including phenoxy) is 1. The van der Waals surface area contributed by atoms with Gasteiger partial charge in [-0.1, -0.05) is 30.3 Å². The Morgan fingerprint density at radius 1 is 1.10 bits per heavy atom. The molecular formula is C16H27NO3. The van der Waals surface area contributed by atoms with Crippen LogP contribution >= 0.6 is 0 Å². The smallest absolute Gasteiger partial charge is 0.0898 e. The molecule has 3 N–H and O–H groups in total. The summed E-state index contributed by atoms with van der Waals surface area (Å²) in [5.74, 6) is 0. The lowest BCUT2D eigenvalue weighted by Gasteiger charge is -2.20. The SMILES string of the molecule is CC(O)CC(C)NCC(O)COC(C)c1ccccc1. The monoisotopic (exact) mass is 281 g/mol. The second-order valence-corrected chi connectivity index (χ2v) is 5.43. The molecular weight excluding hydrogens is 254 g/mol. The summed E-state index contributed by atoms with van der Waals surface area (Å²) in [6, 6.07) is 10.1. The third-order valence-corrected chi connectivity index (χ3v) is 3.20. The van der Waals surface area contributed by atoms with Crippen LogP contribution in [0.2, 0.25) is 0 Å². The normalized spacial score (nSPS) is 17.4. The van der Waals surface area contributed by atoms with Gasteiger partial charge >= 0.3 is 0 Å². The lowest BCUT2D eigenvalue weighted by atomic mass is 10.1. The largest absolute Gasteiger partial charge is 0.393 e. The Hall–Kier alpha value is -0.940. The van der Waals surface area contributed by atoms with E-state index < -0.39 is 6.10 Å². The van der Waals surface area contributed by atoms with Crippen molar-refractivity contribution in [1.29, 1.82) is 0 Å². The van der Waals surface area contributed by atoms with Crippen LogP contribution in [-0.2, 0) is 4.74 Å². The van der Waals surface area contributed by atoms with E-state index in [4.69, 9.17) is 4.74 Å². The molecule has 4 atom stereocenters. The van der Waals surface area contributed by atoms with Crippen molar-refractivity contribution in [2.45, 2.75) is 51.5 Å². The number of hydrogen-bond donors (Lipinski definition) is 3. The highest BCUT2D eigenvalue weighted by atomic mass is 16.5. The predicted molar refractivity (Wildman–Crippen MR) is 80.6 cm³/mol. The van der Waals surface area contributed by atoms with Gasteiger partial charge in [0.1, 0.15) is 0 Å². The molecule has 4 unspecified atom stereocenters. The van der Waals surface area contributed by atoms with Crippen molar-refractivity contribution in [3.8, 4) is 0 Å². The van der Waals surface area contributed by atoms with E-state index in [1.54, 1.807) is 6.92 Å². The summed E-state index contributed by atoms with van der Waals surface area (Å²) in [6.45, 7) is 6.50. The first-order valence-electron chi connectivity index (χ1n) is 7.25. The van der Waals surface area contributed by atoms with Gasteiger partial charge in [-0.3, -0.25) is 0 Å². The average Bonchev–Trinajstić information content (AvgIpc) is 2.42. The molecule has 0 amide bonds. The van der Waals surface area contributed by atoms with Crippen LogP contribution in [-0.4, -0.2) is 41.6 Å². The van der Waals surface area contributed by atoms with Crippen molar-refractivity contribution >= 4 is 0 Å². The molecule has 0 saturated heterocycles. The van der Waals surface area contributed by atoms with E-state index in [1.165, 1.54) is 0 Å². The standard InChI is InChI=1S/C16H27NO3/c1-12(9-13(2)18)17-10-16(19)11-20-14(3)15-7-5-4-6-8-15/h4-8,12-14,16-19H,9-11H2,1-3H3. The van der Waals surface area contributed by atoms with E-state index in [0.717, 1.165) is 5.56 Å². The molecule has 1 aromatic rings. The van der Waals surface area contributed by atoms with Crippen LogP contribution in [0.4, 0.5) is 0 Å². The molecule has 4 nitrogen and oxygen atoms in total. The molecule has 0 aromatic heterocycles. The molecule has 20 heavy (non-hydrogen) atoms. The van der Waals surface area contributed by atoms with Crippen molar-refractivity contribution in [2.75, 3.05) is 13.2 Å². The van der Waals surface area contributed by atoms with E-state index in [2.05, 4.69) is 5.32 Å². The maximum Gasteiger partial charge on any atom is 0.0898 e. The molecule has 4 heteroatoms. The number of rotatable bonds is 9. The van der Waals surface area contributed by atoms with Gasteiger partial charge in [0.05, 0.1) is 24.9 Å². The second kappa shape index (κ2) is 9.08. The molecule has 0 aliphatic heterocycles. The molecule has 0 radical (unpaired) electrons. The Labute approximate surface area is 121 Å². The maximum absolute atomic E-state index is 9.88. The Balaban J connectivity index is 2.21. The Kier molecular flexibility index (Phi) is 7.77. The number of benzene rings is 1. The minimum atomic E-state index is -0.544. The number of aliphatic hydroxyl groups is 2. The van der Waals surface area contributed by atoms with Gasteiger partial charge < -0.3 is 20.3 Å². The first-order valence-corrected chi connectivity index (χ1v) is 7.25. The van der Waals surface area contributed by atoms with Crippen LogP contribution in [0.1, 0.15) is 38.9 Å². The predicted octanol–water partition coefficient (Wildman–Crippen LogP) is 1.87. The summed E-state index contributed by atoms with van der Waals surface area (Å²) in [7, 11) is 0. The molecule has 114 valence electrons. The third kappa shape index (κ3) is 7.01. The van der Waals surface area contributed by atoms with Gasteiger partial charge in [-0.2, -0.15) is 0 Å². The minimum absolute atomic E-state index is 0.0271. The molecule has 0 spiro atoms. The number of nitrogens with one attached hydrogen (secondary N) is 1. The van der Waals surface area contributed by atoms with Crippen LogP contribution in [0.15, 0.2) is 30.3 Å². The summed E-state index contributed by atoms with van der Waals surface area (Å²) >= 11 is 0. The fraction of sp³-hybridized carbons (Fsp3) is 0.625. The highest BCUT2D eigenvalue weighted by molar-refractivity contribution is 5.16. The quantitative estimate of drug-likeness (QED) is 0.647. The van der Waals surface area contributed by atoms with Crippen molar-refractivity contribution in [3.05, 3.63) is 35.9 Å². The minimum Gasteiger partial charge on any atom is -0.393 e. The molecule has 1 rings (SSSR count). The van der Waals surface area contributed by atoms with E-state index in [0.29, 0.717) is 19.6 Å². The molecule has 1 aromatic carbocycles. The Morgan fingerprint density at radius 3 is 2.35 bits per heavy atom. The maximum atomic E-state index is 9.88. The third-order valence-electron chi connectivity index (χ3n) is 3.20. The van der Waals surface area contributed by atoms with Crippen molar-refractivity contribution in [1.82, 2.24) is 5.32 Å². The zero-order chi connectivity index (χ0) is 15.0. The van der Waals surface area contributed by atoms with Gasteiger partial charge in [-0.25, -0.2) is 0 Å². The Bertz CT molecular complexity index is 356. The molecule has 0 aliphatic carbocycles. The second-order valence-electron chi connectivity index (χ2n) is 5.43. The molecule has 0 heterocycles. The lowest BCUT2D eigenvalue weighted by molar-refractivity contribution is -0.00317. The highest BCUT2D eigenvalue weighted by Crippen LogP contribution is 2.15. The first kappa shape index (κ1) is 17.1. The fourth-order valence-electron chi connectivity index (χ4n) is 2.07. The van der Waals surface area contributed by atoms with Crippen molar-refractivity contribution in [3.63, 3.8) is 0 Å². The molecule has 0 fully saturated rings. The Morgan fingerprint density at radius 2 is 1.75 bits per heavy atom. The van der Waals surface area contributed by atoms with Gasteiger partial charge in [0.15, 0.2) is 0 Å². The van der Waals surface area contributed by atoms with Gasteiger partial charge in [0, 0.05) is 12.6 Å². The summed E-state index contributed by atoms with van der Waals surface area (Å²) in [5.41, 5.74) is 1.11. The van der Waals surface area contributed by atoms with E-state index in [9.17, 15) is 10.2 Å². The van der Waals surface area contributed by atoms with Crippen LogP contribution in [0.5, 0.6) is 0 Å². The summed E-state index contributed by atoms with van der Waals surface area (Å²) in [5, 5.41) is 22.3. The van der Waals surface area contributed by atoms with Gasteiger partial charge in [-0.05, 0) is 32.8 Å². The lowest BCUT2D eigenvalue weighted by Crippen LogP contribution is -2.37. The summed E-state index contributed by atoms with van der Waals surface area (Å²) < 4.78 is 5.66. The number of hydrogen-bond acceptors (Lipinski definition) is 4. The van der Waals surface area contributed by atoms with E-state index >= 15 is 0 Å². The van der Waals surface area contributed by atoms with Crippen molar-refractivity contribution < 1.29 is 14.9 Å². The van der Waals surface area contributed by atoms with Gasteiger partial charge in [0.25, 0.3) is 0 Å². The van der Waals surface area contributed by atoms with Crippen LogP contribution in [0, 0.1) is 0 Å². The van der Waals surface area contributed by atoms with Gasteiger partial charge in [0.2, 0.25) is 0 Å². The van der Waals surface area contributed by atoms with Crippen LogP contribution in [0.3, 0.4) is 0 Å². The molecule has 0 bridgehead atoms. The zero-order valence-electron chi connectivity index (χ0n) is 12.6. The first-order chi connectivity index (χ1) is 9.49. The number of aliphatic hydroxyl groups excluding tert-OH is 2. The van der Waals surface area contributed by atoms with E-state index in [1.807, 2.05) is 44.2 Å². The topological polar surface area (TPSA) is 61.7 Å². The fourth-order valence-corrected chi connectivity index (χ4v) is 2.07. The van der Waals surface area contributed by atoms with Gasteiger partial charge in [-0.15, -0.1) is 0 Å². The van der Waals surface area contributed by atoms with Crippen LogP contribution in [0.25, 0.3) is 0 Å². The van der Waals surface area contributed by atoms with Crippen LogP contribution < -0.4 is 5.32 Å². The summed E-state index contributed by atoms with van der Waals surface area (Å²) in [6.07, 6.45) is -0.226. The van der Waals surface area contributed by atoms with Crippen molar-refractivity contribution in [2.24, 2.45) is 0 Å². The van der Waals surface area contributed by atoms with E-state index in [-0.39, 0.29) is 18.2 Å². The average molecular weight is 281 g/mol. The highest BCUT2D eigenvalue weighted by Gasteiger charge is 2.11.